The summed E-state index contributed by atoms with van der Waals surface area (Å²) in [4.78, 5) is 24.2. The third kappa shape index (κ3) is 2.13. The maximum absolute atomic E-state index is 12.0. The lowest BCUT2D eigenvalue weighted by Crippen LogP contribution is -2.46. The first-order chi connectivity index (χ1) is 8.90. The van der Waals surface area contributed by atoms with Crippen molar-refractivity contribution in [2.75, 3.05) is 18.6 Å². The van der Waals surface area contributed by atoms with E-state index in [9.17, 15) is 14.7 Å². The molecule has 2 N–H and O–H groups in total. The molecule has 102 valence electrons. The summed E-state index contributed by atoms with van der Waals surface area (Å²) in [5.41, 5.74) is -2.04. The maximum Gasteiger partial charge on any atom is 0.345 e. The van der Waals surface area contributed by atoms with Crippen LogP contribution in [-0.2, 0) is 9.59 Å². The second-order valence-electron chi connectivity index (χ2n) is 4.19. The van der Waals surface area contributed by atoms with Gasteiger partial charge in [-0.3, -0.25) is 4.79 Å². The van der Waals surface area contributed by atoms with Gasteiger partial charge in [0.1, 0.15) is 5.75 Å². The van der Waals surface area contributed by atoms with Crippen LogP contribution in [0.2, 0.25) is 5.02 Å². The second-order valence-corrected chi connectivity index (χ2v) is 4.62. The van der Waals surface area contributed by atoms with E-state index in [0.29, 0.717) is 16.5 Å². The Hall–Kier alpha value is -1.79. The summed E-state index contributed by atoms with van der Waals surface area (Å²) >= 11 is 5.86. The molecule has 2 rings (SSSR count). The topological polar surface area (TPSA) is 87.1 Å². The molecule has 1 aromatic rings. The number of anilines is 1. The molecule has 1 fully saturated rings. The Labute approximate surface area is 114 Å². The largest absolute Gasteiger partial charge is 0.495 e. The number of nitrogens with zero attached hydrogens (tertiary/aromatic N) is 1. The monoisotopic (exact) mass is 285 g/mol. The highest BCUT2D eigenvalue weighted by Gasteiger charge is 2.52. The molecule has 0 spiro atoms. The van der Waals surface area contributed by atoms with Gasteiger partial charge in [-0.15, -0.1) is 0 Å². The summed E-state index contributed by atoms with van der Waals surface area (Å²) in [7, 11) is 1.43. The number of benzene rings is 1. The summed E-state index contributed by atoms with van der Waals surface area (Å²) in [5.74, 6) is -2.06. The molecule has 1 aliphatic heterocycles. The minimum atomic E-state index is -2.38. The fourth-order valence-corrected chi connectivity index (χ4v) is 2.17. The summed E-state index contributed by atoms with van der Waals surface area (Å²) < 4.78 is 5.11. The molecular weight excluding hydrogens is 274 g/mol. The van der Waals surface area contributed by atoms with Gasteiger partial charge in [0.25, 0.3) is 5.91 Å². The van der Waals surface area contributed by atoms with Crippen LogP contribution < -0.4 is 9.64 Å². The average Bonchev–Trinajstić information content (AvgIpc) is 2.67. The number of halogens is 1. The van der Waals surface area contributed by atoms with Crippen molar-refractivity contribution in [2.24, 2.45) is 0 Å². The van der Waals surface area contributed by atoms with E-state index in [2.05, 4.69) is 0 Å². The van der Waals surface area contributed by atoms with Crippen molar-refractivity contribution < 1.29 is 24.5 Å². The van der Waals surface area contributed by atoms with Crippen molar-refractivity contribution in [3.8, 4) is 5.75 Å². The van der Waals surface area contributed by atoms with Gasteiger partial charge < -0.3 is 19.8 Å². The lowest BCUT2D eigenvalue weighted by atomic mass is 10.0. The van der Waals surface area contributed by atoms with Crippen molar-refractivity contribution in [3.63, 3.8) is 0 Å². The van der Waals surface area contributed by atoms with Crippen LogP contribution in [0.3, 0.4) is 0 Å². The summed E-state index contributed by atoms with van der Waals surface area (Å²) in [6.07, 6.45) is -0.184. The molecule has 0 saturated carbocycles. The standard InChI is InChI=1S/C12H12ClNO5/c1-19-9-3-2-7(13)6-8(9)14-5-4-12(18,10(14)15)11(16)17/h2-3,6,18H,4-5H2,1H3,(H,16,17). The van der Waals surface area contributed by atoms with Gasteiger partial charge >= 0.3 is 5.97 Å². The highest BCUT2D eigenvalue weighted by atomic mass is 35.5. The molecule has 0 bridgehead atoms. The number of carbonyl (C=O) groups is 2. The summed E-state index contributed by atoms with van der Waals surface area (Å²) in [6, 6.07) is 4.66. The minimum Gasteiger partial charge on any atom is -0.495 e. The Bertz CT molecular complexity index is 547. The van der Waals surface area contributed by atoms with Crippen LogP contribution in [0.4, 0.5) is 5.69 Å². The van der Waals surface area contributed by atoms with Gasteiger partial charge in [0.05, 0.1) is 12.8 Å². The van der Waals surface area contributed by atoms with Crippen LogP contribution in [0.1, 0.15) is 6.42 Å². The molecule has 1 amide bonds. The molecular formula is C12H12ClNO5. The SMILES string of the molecule is COc1ccc(Cl)cc1N1CCC(O)(C(=O)O)C1=O. The highest BCUT2D eigenvalue weighted by Crippen LogP contribution is 2.36. The van der Waals surface area contributed by atoms with Gasteiger partial charge in [-0.05, 0) is 18.2 Å². The van der Waals surface area contributed by atoms with E-state index >= 15 is 0 Å². The predicted molar refractivity (Wildman–Crippen MR) is 67.6 cm³/mol. The van der Waals surface area contributed by atoms with Crippen molar-refractivity contribution in [1.29, 1.82) is 0 Å². The number of hydrogen-bond acceptors (Lipinski definition) is 4. The molecule has 0 aromatic heterocycles. The molecule has 19 heavy (non-hydrogen) atoms. The number of carboxylic acids is 1. The van der Waals surface area contributed by atoms with E-state index in [4.69, 9.17) is 21.4 Å². The Balaban J connectivity index is 2.42. The van der Waals surface area contributed by atoms with Crippen LogP contribution in [0.25, 0.3) is 0 Å². The molecule has 1 saturated heterocycles. The van der Waals surface area contributed by atoms with Gasteiger partial charge in [0.15, 0.2) is 0 Å². The highest BCUT2D eigenvalue weighted by molar-refractivity contribution is 6.31. The number of carboxylic acid groups (broad SMARTS) is 1. The first-order valence-corrected chi connectivity index (χ1v) is 5.89. The van der Waals surface area contributed by atoms with Gasteiger partial charge in [-0.2, -0.15) is 0 Å². The molecule has 0 radical (unpaired) electrons. The van der Waals surface area contributed by atoms with E-state index in [0.717, 1.165) is 0 Å². The number of hydrogen-bond donors (Lipinski definition) is 2. The predicted octanol–water partition coefficient (Wildman–Crippen LogP) is 0.901. The van der Waals surface area contributed by atoms with Crippen LogP contribution in [0.15, 0.2) is 18.2 Å². The van der Waals surface area contributed by atoms with Crippen molar-refractivity contribution >= 4 is 29.2 Å². The van der Waals surface area contributed by atoms with E-state index in [-0.39, 0.29) is 13.0 Å². The smallest absolute Gasteiger partial charge is 0.345 e. The summed E-state index contributed by atoms with van der Waals surface area (Å²) in [6.45, 7) is 0.0817. The molecule has 7 heteroatoms. The fourth-order valence-electron chi connectivity index (χ4n) is 2.01. The zero-order chi connectivity index (χ0) is 14.2. The second kappa shape index (κ2) is 4.71. The number of methoxy groups -OCH3 is 1. The number of amides is 1. The Kier molecular flexibility index (Phi) is 3.38. The van der Waals surface area contributed by atoms with Crippen molar-refractivity contribution in [3.05, 3.63) is 23.2 Å². The summed E-state index contributed by atoms with van der Waals surface area (Å²) in [5, 5.41) is 19.2. The molecule has 1 aromatic carbocycles. The van der Waals surface area contributed by atoms with Gasteiger partial charge in [0, 0.05) is 18.0 Å². The number of ether oxygens (including phenoxy) is 1. The first-order valence-electron chi connectivity index (χ1n) is 5.51. The van der Waals surface area contributed by atoms with E-state index in [1.54, 1.807) is 12.1 Å². The number of rotatable bonds is 3. The molecule has 1 aliphatic rings. The van der Waals surface area contributed by atoms with E-state index < -0.39 is 17.5 Å². The van der Waals surface area contributed by atoms with Crippen LogP contribution >= 0.6 is 11.6 Å². The first kappa shape index (κ1) is 13.6. The zero-order valence-electron chi connectivity index (χ0n) is 10.1. The molecule has 1 unspecified atom stereocenters. The third-order valence-electron chi connectivity index (χ3n) is 3.08. The van der Waals surface area contributed by atoms with E-state index in [1.807, 2.05) is 0 Å². The number of carbonyl (C=O) groups excluding carboxylic acids is 1. The van der Waals surface area contributed by atoms with Crippen LogP contribution in [0, 0.1) is 0 Å². The van der Waals surface area contributed by atoms with Crippen LogP contribution in [-0.4, -0.2) is 41.3 Å². The van der Waals surface area contributed by atoms with Gasteiger partial charge in [0.2, 0.25) is 5.60 Å². The minimum absolute atomic E-state index is 0.0817. The van der Waals surface area contributed by atoms with Crippen LogP contribution in [0.5, 0.6) is 5.75 Å². The average molecular weight is 286 g/mol. The molecule has 1 heterocycles. The Morgan fingerprint density at radius 1 is 1.53 bits per heavy atom. The number of aliphatic carboxylic acids is 1. The fraction of sp³-hybridized carbons (Fsp3) is 0.333. The normalized spacial score (nSPS) is 22.7. The van der Waals surface area contributed by atoms with E-state index in [1.165, 1.54) is 18.1 Å². The Morgan fingerprint density at radius 2 is 2.21 bits per heavy atom. The quantitative estimate of drug-likeness (QED) is 0.806. The Morgan fingerprint density at radius 3 is 2.74 bits per heavy atom. The number of aliphatic hydroxyl groups is 1. The van der Waals surface area contributed by atoms with Gasteiger partial charge in [-0.1, -0.05) is 11.6 Å². The molecule has 0 aliphatic carbocycles. The lowest BCUT2D eigenvalue weighted by molar-refractivity contribution is -0.162. The third-order valence-corrected chi connectivity index (χ3v) is 3.32. The van der Waals surface area contributed by atoms with Crippen molar-refractivity contribution in [2.45, 2.75) is 12.0 Å². The molecule has 6 nitrogen and oxygen atoms in total. The van der Waals surface area contributed by atoms with Crippen molar-refractivity contribution in [1.82, 2.24) is 0 Å². The maximum atomic E-state index is 12.0. The van der Waals surface area contributed by atoms with Gasteiger partial charge in [-0.25, -0.2) is 4.79 Å². The lowest BCUT2D eigenvalue weighted by Gasteiger charge is -2.21. The zero-order valence-corrected chi connectivity index (χ0v) is 10.8. The molecule has 1 atom stereocenters.